The summed E-state index contributed by atoms with van der Waals surface area (Å²) in [5, 5.41) is 7.77. The van der Waals surface area contributed by atoms with Gasteiger partial charge in [0, 0.05) is 65.4 Å². The van der Waals surface area contributed by atoms with Crippen molar-refractivity contribution in [1.82, 2.24) is 12.7 Å². The highest BCUT2D eigenvalue weighted by molar-refractivity contribution is 6.79. The molecular formula is C37H27N3Si. The molecule has 3 heterocycles. The highest BCUT2D eigenvalue weighted by atomic mass is 28.4. The molecule has 9 rings (SSSR count). The van der Waals surface area contributed by atoms with Gasteiger partial charge in [-0.2, -0.15) is 0 Å². The average Bonchev–Trinajstić information content (AvgIpc) is 3.68. The van der Waals surface area contributed by atoms with Crippen molar-refractivity contribution in [2.75, 3.05) is 0 Å². The van der Waals surface area contributed by atoms with Gasteiger partial charge in [-0.05, 0) is 42.9 Å². The summed E-state index contributed by atoms with van der Waals surface area (Å²) in [6.07, 6.45) is 0. The summed E-state index contributed by atoms with van der Waals surface area (Å²) in [6, 6.07) is 53.6. The van der Waals surface area contributed by atoms with E-state index < -0.39 is 8.56 Å². The van der Waals surface area contributed by atoms with Crippen molar-refractivity contribution in [2.24, 2.45) is 0 Å². The van der Waals surface area contributed by atoms with Gasteiger partial charge < -0.3 is 12.7 Å². The Morgan fingerprint density at radius 2 is 0.463 bits per heavy atom. The molecule has 0 spiro atoms. The molecule has 3 nitrogen and oxygen atoms in total. The van der Waals surface area contributed by atoms with Gasteiger partial charge in [-0.15, -0.1) is 0 Å². The first-order valence-electron chi connectivity index (χ1n) is 14.2. The van der Waals surface area contributed by atoms with Gasteiger partial charge in [-0.1, -0.05) is 109 Å². The molecule has 3 aromatic heterocycles. The van der Waals surface area contributed by atoms with Crippen LogP contribution in [0.25, 0.3) is 65.4 Å². The van der Waals surface area contributed by atoms with E-state index in [-0.39, 0.29) is 0 Å². The first-order valence-corrected chi connectivity index (χ1v) is 16.6. The van der Waals surface area contributed by atoms with Crippen LogP contribution in [0, 0.1) is 0 Å². The van der Waals surface area contributed by atoms with E-state index in [1.54, 1.807) is 0 Å². The first kappa shape index (κ1) is 22.7. The topological polar surface area (TPSA) is 14.8 Å². The lowest BCUT2D eigenvalue weighted by molar-refractivity contribution is 1.01. The molecule has 194 valence electrons. The number of nitrogens with zero attached hydrogens (tertiary/aromatic N) is 3. The molecule has 0 fully saturated rings. The van der Waals surface area contributed by atoms with Crippen molar-refractivity contribution in [1.29, 1.82) is 0 Å². The molecule has 0 saturated heterocycles. The molecule has 4 heteroatoms. The van der Waals surface area contributed by atoms with E-state index in [2.05, 4.69) is 165 Å². The minimum Gasteiger partial charge on any atom is -0.332 e. The van der Waals surface area contributed by atoms with Gasteiger partial charge in [-0.3, -0.25) is 0 Å². The lowest BCUT2D eigenvalue weighted by Crippen LogP contribution is -2.55. The fraction of sp³-hybridized carbons (Fsp3) is 0.0270. The number of para-hydroxylation sites is 6. The van der Waals surface area contributed by atoms with Crippen molar-refractivity contribution in [3.63, 3.8) is 0 Å². The van der Waals surface area contributed by atoms with Gasteiger partial charge in [0.05, 0.1) is 0 Å². The maximum absolute atomic E-state index is 2.96. The van der Waals surface area contributed by atoms with E-state index in [0.717, 1.165) is 0 Å². The number of benzene rings is 6. The summed E-state index contributed by atoms with van der Waals surface area (Å²) in [7, 11) is -2.96. The number of aromatic nitrogens is 3. The quantitative estimate of drug-likeness (QED) is 0.198. The third-order valence-electron chi connectivity index (χ3n) is 9.01. The molecule has 41 heavy (non-hydrogen) atoms. The minimum absolute atomic E-state index is 1.27. The summed E-state index contributed by atoms with van der Waals surface area (Å²) in [4.78, 5) is 0. The number of fused-ring (bicyclic) bond motifs is 9. The second-order valence-corrected chi connectivity index (χ2v) is 14.4. The predicted molar refractivity (Wildman–Crippen MR) is 176 cm³/mol. The number of hydrogen-bond donors (Lipinski definition) is 0. The summed E-state index contributed by atoms with van der Waals surface area (Å²) in [5.41, 5.74) is 7.62. The molecule has 9 aromatic rings. The van der Waals surface area contributed by atoms with Crippen LogP contribution in [0.5, 0.6) is 0 Å². The van der Waals surface area contributed by atoms with Crippen LogP contribution in [0.3, 0.4) is 0 Å². The fourth-order valence-electron chi connectivity index (χ4n) is 7.44. The van der Waals surface area contributed by atoms with Gasteiger partial charge in [0.25, 0.3) is 0 Å². The molecule has 0 unspecified atom stereocenters. The predicted octanol–water partition coefficient (Wildman–Crippen LogP) is 9.52. The standard InChI is InChI=1S/C37H27N3Si/c1-41(38-32-20-8-2-14-26(32)27-15-3-9-21-33(27)38,39-34-22-10-4-16-28(34)29-17-5-11-23-35(29)39)40-36-24-12-6-18-30(36)31-19-7-13-25-37(31)40/h2-25H,1H3. The Morgan fingerprint density at radius 3 is 0.659 bits per heavy atom. The Morgan fingerprint density at radius 1 is 0.293 bits per heavy atom. The molecular weight excluding hydrogens is 515 g/mol. The van der Waals surface area contributed by atoms with Crippen molar-refractivity contribution in [3.05, 3.63) is 146 Å². The Balaban J connectivity index is 1.60. The zero-order valence-electron chi connectivity index (χ0n) is 22.7. The molecule has 0 aliphatic rings. The largest absolute Gasteiger partial charge is 0.390 e. The maximum atomic E-state index is 2.70. The fourth-order valence-corrected chi connectivity index (χ4v) is 11.9. The first-order chi connectivity index (χ1) is 20.3. The molecule has 0 aliphatic heterocycles. The summed E-state index contributed by atoms with van der Waals surface area (Å²) in [5.74, 6) is 0. The van der Waals surface area contributed by atoms with Crippen molar-refractivity contribution < 1.29 is 0 Å². The summed E-state index contributed by atoms with van der Waals surface area (Å²) >= 11 is 0. The van der Waals surface area contributed by atoms with E-state index in [4.69, 9.17) is 0 Å². The van der Waals surface area contributed by atoms with Crippen LogP contribution >= 0.6 is 0 Å². The van der Waals surface area contributed by atoms with Gasteiger partial charge in [0.2, 0.25) is 0 Å². The number of hydrogen-bond acceptors (Lipinski definition) is 0. The second kappa shape index (κ2) is 8.23. The zero-order chi connectivity index (χ0) is 27.1. The van der Waals surface area contributed by atoms with Crippen LogP contribution in [0.15, 0.2) is 146 Å². The van der Waals surface area contributed by atoms with Gasteiger partial charge in [0.15, 0.2) is 0 Å². The van der Waals surface area contributed by atoms with Crippen LogP contribution < -0.4 is 0 Å². The lowest BCUT2D eigenvalue weighted by atomic mass is 10.2. The minimum atomic E-state index is -2.96. The highest BCUT2D eigenvalue weighted by Crippen LogP contribution is 2.41. The van der Waals surface area contributed by atoms with E-state index in [9.17, 15) is 0 Å². The van der Waals surface area contributed by atoms with Crippen LogP contribution in [0.1, 0.15) is 0 Å². The highest BCUT2D eigenvalue weighted by Gasteiger charge is 2.43. The molecule has 0 saturated carbocycles. The van der Waals surface area contributed by atoms with Crippen LogP contribution in [-0.4, -0.2) is 21.3 Å². The van der Waals surface area contributed by atoms with E-state index in [1.165, 1.54) is 65.4 Å². The van der Waals surface area contributed by atoms with Crippen molar-refractivity contribution in [2.45, 2.75) is 6.55 Å². The second-order valence-electron chi connectivity index (χ2n) is 11.1. The Kier molecular flexibility index (Phi) is 4.56. The lowest BCUT2D eigenvalue weighted by Gasteiger charge is -2.36. The third kappa shape index (κ3) is 2.87. The van der Waals surface area contributed by atoms with Crippen LogP contribution in [0.4, 0.5) is 0 Å². The monoisotopic (exact) mass is 541 g/mol. The Bertz CT molecular complexity index is 2020. The van der Waals surface area contributed by atoms with Gasteiger partial charge in [-0.25, -0.2) is 0 Å². The van der Waals surface area contributed by atoms with Crippen LogP contribution in [0.2, 0.25) is 6.55 Å². The Hall–Kier alpha value is -5.06. The molecule has 6 aromatic carbocycles. The SMILES string of the molecule is C[Si](n1c2ccccc2c2ccccc21)(n1c2ccccc2c2ccccc21)n1c2ccccc2c2ccccc21. The molecule has 0 radical (unpaired) electrons. The number of rotatable bonds is 3. The summed E-state index contributed by atoms with van der Waals surface area (Å²) < 4.78 is 8.11. The zero-order valence-corrected chi connectivity index (χ0v) is 23.7. The molecule has 0 N–H and O–H groups in total. The van der Waals surface area contributed by atoms with Crippen molar-refractivity contribution >= 4 is 74.0 Å². The Labute approximate surface area is 238 Å². The maximum Gasteiger partial charge on any atom is 0.390 e. The average molecular weight is 542 g/mol. The van der Waals surface area contributed by atoms with Crippen molar-refractivity contribution in [3.8, 4) is 0 Å². The normalized spacial score (nSPS) is 12.5. The van der Waals surface area contributed by atoms with Gasteiger partial charge in [0.1, 0.15) is 0 Å². The third-order valence-corrected chi connectivity index (χ3v) is 13.0. The van der Waals surface area contributed by atoms with E-state index in [1.807, 2.05) is 0 Å². The molecule has 0 aliphatic carbocycles. The van der Waals surface area contributed by atoms with E-state index in [0.29, 0.717) is 0 Å². The smallest absolute Gasteiger partial charge is 0.332 e. The van der Waals surface area contributed by atoms with Gasteiger partial charge >= 0.3 is 8.56 Å². The van der Waals surface area contributed by atoms with E-state index >= 15 is 0 Å². The molecule has 0 amide bonds. The molecule has 0 atom stereocenters. The molecule has 0 bridgehead atoms. The van der Waals surface area contributed by atoms with Crippen LogP contribution in [-0.2, 0) is 0 Å². The summed E-state index contributed by atoms with van der Waals surface area (Å²) in [6.45, 7) is 2.53.